The van der Waals surface area contributed by atoms with Crippen LogP contribution in [-0.2, 0) is 0 Å². The lowest BCUT2D eigenvalue weighted by Gasteiger charge is -2.11. The summed E-state index contributed by atoms with van der Waals surface area (Å²) in [6, 6.07) is 0.354. The van der Waals surface area contributed by atoms with Gasteiger partial charge in [0.05, 0.1) is 6.04 Å². The Morgan fingerprint density at radius 1 is 1.62 bits per heavy atom. The van der Waals surface area contributed by atoms with Crippen LogP contribution >= 0.6 is 15.9 Å². The van der Waals surface area contributed by atoms with Crippen LogP contribution in [0.15, 0.2) is 5.10 Å². The molecule has 2 nitrogen and oxygen atoms in total. The molecule has 0 aliphatic rings. The Hall–Kier alpha value is -0.0500. The van der Waals surface area contributed by atoms with Gasteiger partial charge in [0.1, 0.15) is 0 Å². The molecule has 1 unspecified atom stereocenters. The Morgan fingerprint density at radius 3 is 2.25 bits per heavy atom. The normalized spacial score (nSPS) is 16.9. The molecule has 0 saturated heterocycles. The van der Waals surface area contributed by atoms with Crippen LogP contribution in [0.5, 0.6) is 0 Å². The average Bonchev–Trinajstić information content (AvgIpc) is 1.67. The van der Waals surface area contributed by atoms with E-state index in [0.717, 1.165) is 0 Å². The molecule has 8 heavy (non-hydrogen) atoms. The lowest BCUT2D eigenvalue weighted by Crippen LogP contribution is -2.27. The van der Waals surface area contributed by atoms with E-state index in [9.17, 15) is 0 Å². The van der Waals surface area contributed by atoms with Crippen molar-refractivity contribution < 1.29 is 0 Å². The van der Waals surface area contributed by atoms with Crippen LogP contribution in [-0.4, -0.2) is 17.6 Å². The standard InChI is InChI=1S/C5H11BrN2/c1-4(6)5(2)8-7-3/h4-5,8H,3H2,1-2H3/t4?,5-/m0/s1. The summed E-state index contributed by atoms with van der Waals surface area (Å²) in [6.45, 7) is 7.40. The molecule has 0 spiro atoms. The summed E-state index contributed by atoms with van der Waals surface area (Å²) in [4.78, 5) is 0.438. The highest BCUT2D eigenvalue weighted by atomic mass is 79.9. The van der Waals surface area contributed by atoms with Gasteiger partial charge >= 0.3 is 0 Å². The Bertz CT molecular complexity index is 72.8. The van der Waals surface area contributed by atoms with Crippen molar-refractivity contribution in [1.82, 2.24) is 5.43 Å². The SMILES string of the molecule is C=NN[C@@H](C)C(C)Br. The third kappa shape index (κ3) is 3.02. The fourth-order valence-electron chi connectivity index (χ4n) is 0.247. The van der Waals surface area contributed by atoms with Gasteiger partial charge in [-0.1, -0.05) is 22.9 Å². The van der Waals surface area contributed by atoms with Gasteiger partial charge < -0.3 is 5.43 Å². The first-order valence-electron chi connectivity index (χ1n) is 2.53. The molecule has 0 aromatic rings. The van der Waals surface area contributed by atoms with E-state index in [1.165, 1.54) is 0 Å². The van der Waals surface area contributed by atoms with Crippen molar-refractivity contribution >= 4 is 22.6 Å². The maximum Gasteiger partial charge on any atom is 0.0534 e. The zero-order valence-corrected chi connectivity index (χ0v) is 6.77. The van der Waals surface area contributed by atoms with Crippen molar-refractivity contribution in [2.24, 2.45) is 5.10 Å². The van der Waals surface area contributed by atoms with Gasteiger partial charge in [0.25, 0.3) is 0 Å². The van der Waals surface area contributed by atoms with E-state index in [0.29, 0.717) is 10.9 Å². The number of alkyl halides is 1. The highest BCUT2D eigenvalue weighted by Crippen LogP contribution is 2.02. The highest BCUT2D eigenvalue weighted by Gasteiger charge is 2.04. The van der Waals surface area contributed by atoms with Crippen LogP contribution in [0.4, 0.5) is 0 Å². The van der Waals surface area contributed by atoms with Gasteiger partial charge in [-0.05, 0) is 6.92 Å². The summed E-state index contributed by atoms with van der Waals surface area (Å²) < 4.78 is 0. The van der Waals surface area contributed by atoms with E-state index < -0.39 is 0 Å². The first-order valence-corrected chi connectivity index (χ1v) is 3.45. The van der Waals surface area contributed by atoms with Crippen LogP contribution in [0.25, 0.3) is 0 Å². The minimum atomic E-state index is 0.354. The van der Waals surface area contributed by atoms with Crippen LogP contribution in [0.3, 0.4) is 0 Å². The third-order valence-corrected chi connectivity index (χ3v) is 1.78. The molecule has 48 valence electrons. The van der Waals surface area contributed by atoms with E-state index in [2.05, 4.69) is 40.1 Å². The second kappa shape index (κ2) is 3.89. The number of nitrogens with zero attached hydrogens (tertiary/aromatic N) is 1. The van der Waals surface area contributed by atoms with Crippen LogP contribution in [0, 0.1) is 0 Å². The van der Waals surface area contributed by atoms with E-state index in [-0.39, 0.29) is 0 Å². The lowest BCUT2D eigenvalue weighted by molar-refractivity contribution is 0.576. The predicted molar refractivity (Wildman–Crippen MR) is 40.5 cm³/mol. The van der Waals surface area contributed by atoms with Gasteiger partial charge in [0.15, 0.2) is 0 Å². The fourth-order valence-corrected chi connectivity index (χ4v) is 0.365. The number of hydrogen-bond acceptors (Lipinski definition) is 2. The number of rotatable bonds is 3. The molecule has 0 saturated carbocycles. The minimum absolute atomic E-state index is 0.354. The molecule has 2 atom stereocenters. The van der Waals surface area contributed by atoms with Crippen molar-refractivity contribution in [3.63, 3.8) is 0 Å². The van der Waals surface area contributed by atoms with E-state index >= 15 is 0 Å². The number of nitrogens with one attached hydrogen (secondary N) is 1. The quantitative estimate of drug-likeness (QED) is 0.395. The average molecular weight is 179 g/mol. The maximum absolute atomic E-state index is 3.53. The second-order valence-electron chi connectivity index (χ2n) is 1.75. The molecule has 0 heterocycles. The zero-order valence-electron chi connectivity index (χ0n) is 5.19. The number of halogens is 1. The Morgan fingerprint density at radius 2 is 2.12 bits per heavy atom. The van der Waals surface area contributed by atoms with E-state index in [1.54, 1.807) is 0 Å². The van der Waals surface area contributed by atoms with Crippen molar-refractivity contribution in [3.8, 4) is 0 Å². The summed E-state index contributed by atoms with van der Waals surface area (Å²) in [6.07, 6.45) is 0. The third-order valence-electron chi connectivity index (χ3n) is 0.984. The number of hydrogen-bond donors (Lipinski definition) is 1. The smallest absolute Gasteiger partial charge is 0.0534 e. The summed E-state index contributed by atoms with van der Waals surface area (Å²) in [7, 11) is 0. The maximum atomic E-state index is 3.53. The first kappa shape index (κ1) is 7.95. The monoisotopic (exact) mass is 178 g/mol. The second-order valence-corrected chi connectivity index (χ2v) is 3.20. The molecule has 0 aromatic carbocycles. The summed E-state index contributed by atoms with van der Waals surface area (Å²) in [5.74, 6) is 0. The fraction of sp³-hybridized carbons (Fsp3) is 0.800. The molecule has 0 amide bonds. The molecule has 0 rings (SSSR count). The van der Waals surface area contributed by atoms with Crippen molar-refractivity contribution in [2.45, 2.75) is 24.7 Å². The van der Waals surface area contributed by atoms with Crippen LogP contribution < -0.4 is 5.43 Å². The summed E-state index contributed by atoms with van der Waals surface area (Å²) in [5, 5.41) is 3.53. The van der Waals surface area contributed by atoms with Gasteiger partial charge in [0, 0.05) is 11.5 Å². The molecule has 0 aliphatic heterocycles. The molecular formula is C5H11BrN2. The Kier molecular flexibility index (Phi) is 3.87. The van der Waals surface area contributed by atoms with Gasteiger partial charge in [-0.15, -0.1) is 0 Å². The van der Waals surface area contributed by atoms with Crippen molar-refractivity contribution in [3.05, 3.63) is 0 Å². The van der Waals surface area contributed by atoms with E-state index in [4.69, 9.17) is 0 Å². The zero-order chi connectivity index (χ0) is 6.57. The van der Waals surface area contributed by atoms with Crippen molar-refractivity contribution in [1.29, 1.82) is 0 Å². The Balaban J connectivity index is 3.30. The largest absolute Gasteiger partial charge is 0.307 e. The van der Waals surface area contributed by atoms with E-state index in [1.807, 2.05) is 6.92 Å². The van der Waals surface area contributed by atoms with Gasteiger partial charge in [0.2, 0.25) is 0 Å². The van der Waals surface area contributed by atoms with Crippen LogP contribution in [0.1, 0.15) is 13.8 Å². The van der Waals surface area contributed by atoms with Gasteiger partial charge in [-0.3, -0.25) is 0 Å². The van der Waals surface area contributed by atoms with Crippen LogP contribution in [0.2, 0.25) is 0 Å². The molecule has 0 aromatic heterocycles. The lowest BCUT2D eigenvalue weighted by atomic mass is 10.3. The Labute approximate surface area is 58.5 Å². The first-order chi connectivity index (χ1) is 3.68. The van der Waals surface area contributed by atoms with Crippen molar-refractivity contribution in [2.75, 3.05) is 0 Å². The van der Waals surface area contributed by atoms with Gasteiger partial charge in [-0.25, -0.2) is 0 Å². The topological polar surface area (TPSA) is 24.4 Å². The summed E-state index contributed by atoms with van der Waals surface area (Å²) >= 11 is 3.39. The molecule has 1 N–H and O–H groups in total. The predicted octanol–water partition coefficient (Wildman–Crippen LogP) is 1.36. The molecule has 0 bridgehead atoms. The molecule has 0 radical (unpaired) electrons. The molecular weight excluding hydrogens is 168 g/mol. The molecule has 3 heteroatoms. The highest BCUT2D eigenvalue weighted by molar-refractivity contribution is 9.09. The van der Waals surface area contributed by atoms with Gasteiger partial charge in [-0.2, -0.15) is 5.10 Å². The summed E-state index contributed by atoms with van der Waals surface area (Å²) in [5.41, 5.74) is 2.81. The molecule has 0 fully saturated rings. The molecule has 0 aliphatic carbocycles. The minimum Gasteiger partial charge on any atom is -0.307 e. The number of hydrazone groups is 1.